The molecule has 1 atom stereocenters. The summed E-state index contributed by atoms with van der Waals surface area (Å²) in [6.45, 7) is -0.856. The summed E-state index contributed by atoms with van der Waals surface area (Å²) in [5, 5.41) is 36.9. The first-order valence-corrected chi connectivity index (χ1v) is 8.19. The van der Waals surface area contributed by atoms with Gasteiger partial charge in [-0.15, -0.1) is 37.2 Å². The Morgan fingerprint density at radius 1 is 0.806 bits per heavy atom. The number of rotatable bonds is 12. The largest absolute Gasteiger partial charge is 0.480 e. The maximum Gasteiger partial charge on any atom is 0.328 e. The highest BCUT2D eigenvalue weighted by Gasteiger charge is 2.42. The van der Waals surface area contributed by atoms with E-state index in [2.05, 4.69) is 0 Å². The van der Waals surface area contributed by atoms with E-state index < -0.39 is 49.1 Å². The first-order valence-electron chi connectivity index (χ1n) is 8.19. The van der Waals surface area contributed by atoms with Gasteiger partial charge in [-0.05, 0) is 24.6 Å². The molecule has 0 amide bonds. The summed E-state index contributed by atoms with van der Waals surface area (Å²) < 4.78 is 0. The topological polar surface area (TPSA) is 182 Å². The third-order valence-electron chi connectivity index (χ3n) is 4.25. The lowest BCUT2D eigenvalue weighted by Gasteiger charge is -2.38. The van der Waals surface area contributed by atoms with Gasteiger partial charge in [0.05, 0.1) is 19.6 Å². The second-order valence-electron chi connectivity index (χ2n) is 6.31. The van der Waals surface area contributed by atoms with Gasteiger partial charge in [0, 0.05) is 18.8 Å². The Morgan fingerprint density at radius 2 is 1.23 bits per heavy atom. The van der Waals surface area contributed by atoms with Crippen LogP contribution in [0.4, 0.5) is 5.69 Å². The van der Waals surface area contributed by atoms with Crippen molar-refractivity contribution in [2.45, 2.75) is 12.5 Å². The van der Waals surface area contributed by atoms with Crippen LogP contribution >= 0.6 is 37.2 Å². The van der Waals surface area contributed by atoms with Crippen LogP contribution in [-0.4, -0.2) is 86.8 Å². The van der Waals surface area contributed by atoms with Crippen molar-refractivity contribution < 1.29 is 39.6 Å². The summed E-state index contributed by atoms with van der Waals surface area (Å²) in [5.41, 5.74) is 4.54. The number of halogens is 3. The lowest BCUT2D eigenvalue weighted by molar-refractivity contribution is -0.155. The minimum Gasteiger partial charge on any atom is -0.480 e. The molecule has 0 heterocycles. The second-order valence-corrected chi connectivity index (χ2v) is 6.31. The molecule has 0 fully saturated rings. The highest BCUT2D eigenvalue weighted by molar-refractivity contribution is 5.86. The molecule has 0 radical (unpaired) electrons. The Balaban J connectivity index is -0.00000261. The van der Waals surface area contributed by atoms with Crippen molar-refractivity contribution in [3.8, 4) is 0 Å². The van der Waals surface area contributed by atoms with Crippen molar-refractivity contribution >= 4 is 66.8 Å². The molecule has 0 aliphatic heterocycles. The molecule has 31 heavy (non-hydrogen) atoms. The summed E-state index contributed by atoms with van der Waals surface area (Å²) in [7, 11) is 0. The molecular formula is C17H26Cl3N3O8. The smallest absolute Gasteiger partial charge is 0.328 e. The van der Waals surface area contributed by atoms with Crippen molar-refractivity contribution in [3.05, 3.63) is 29.8 Å². The van der Waals surface area contributed by atoms with E-state index in [0.29, 0.717) is 5.69 Å². The molecule has 1 unspecified atom stereocenters. The van der Waals surface area contributed by atoms with Crippen LogP contribution < -0.4 is 5.73 Å². The van der Waals surface area contributed by atoms with Gasteiger partial charge in [0.1, 0.15) is 5.54 Å². The number of nitrogens with two attached hydrogens (primary N) is 1. The molecule has 0 spiro atoms. The van der Waals surface area contributed by atoms with Gasteiger partial charge in [0.2, 0.25) is 0 Å². The quantitative estimate of drug-likeness (QED) is 0.251. The maximum atomic E-state index is 12.1. The average Bonchev–Trinajstić information content (AvgIpc) is 2.56. The number of benzene rings is 1. The lowest BCUT2D eigenvalue weighted by atomic mass is 9.89. The Hall–Kier alpha value is -2.31. The fraction of sp³-hybridized carbons (Fsp3) is 0.412. The van der Waals surface area contributed by atoms with Crippen LogP contribution in [0.15, 0.2) is 24.3 Å². The number of hydrogen-bond acceptors (Lipinski definition) is 7. The van der Waals surface area contributed by atoms with Crippen molar-refractivity contribution in [1.82, 2.24) is 9.80 Å². The predicted molar refractivity (Wildman–Crippen MR) is 119 cm³/mol. The zero-order valence-electron chi connectivity index (χ0n) is 16.5. The number of aliphatic carboxylic acids is 4. The number of nitrogens with zero attached hydrogens (tertiary/aromatic N) is 2. The lowest BCUT2D eigenvalue weighted by Crippen LogP contribution is -2.54. The Kier molecular flexibility index (Phi) is 15.8. The van der Waals surface area contributed by atoms with Gasteiger partial charge >= 0.3 is 23.9 Å². The highest BCUT2D eigenvalue weighted by Crippen LogP contribution is 2.29. The van der Waals surface area contributed by atoms with Crippen LogP contribution in [0.2, 0.25) is 0 Å². The molecule has 1 rings (SSSR count). The number of carboxylic acids is 4. The molecule has 0 aliphatic carbocycles. The Bertz CT molecular complexity index is 735. The number of carboxylic acid groups (broad SMARTS) is 4. The molecule has 0 saturated carbocycles. The van der Waals surface area contributed by atoms with E-state index in [-0.39, 0.29) is 55.9 Å². The van der Waals surface area contributed by atoms with E-state index in [1.54, 1.807) is 0 Å². The SMILES string of the molecule is CC(C(=O)O)(c1ccc(N)cc1)N(CCN(CC(=O)O)CC(=O)O)CC(=O)O.Cl.Cl.Cl. The molecule has 14 heteroatoms. The van der Waals surface area contributed by atoms with Crippen molar-refractivity contribution in [3.63, 3.8) is 0 Å². The third-order valence-corrected chi connectivity index (χ3v) is 4.25. The van der Waals surface area contributed by atoms with Crippen LogP contribution in [0.1, 0.15) is 12.5 Å². The van der Waals surface area contributed by atoms with Gasteiger partial charge in [-0.3, -0.25) is 24.2 Å². The number of carbonyl (C=O) groups is 4. The summed E-state index contributed by atoms with van der Waals surface area (Å²) in [6.07, 6.45) is 0. The van der Waals surface area contributed by atoms with Crippen molar-refractivity contribution in [1.29, 1.82) is 0 Å². The van der Waals surface area contributed by atoms with Crippen LogP contribution in [0.25, 0.3) is 0 Å². The molecule has 0 aromatic heterocycles. The van der Waals surface area contributed by atoms with Crippen LogP contribution in [0, 0.1) is 0 Å². The molecule has 0 aliphatic rings. The van der Waals surface area contributed by atoms with E-state index in [1.807, 2.05) is 0 Å². The fourth-order valence-corrected chi connectivity index (χ4v) is 2.73. The first kappa shape index (κ1) is 33.3. The van der Waals surface area contributed by atoms with E-state index >= 15 is 0 Å². The van der Waals surface area contributed by atoms with Crippen LogP contribution in [0.3, 0.4) is 0 Å². The van der Waals surface area contributed by atoms with Gasteiger partial charge < -0.3 is 26.2 Å². The zero-order chi connectivity index (χ0) is 21.5. The van der Waals surface area contributed by atoms with E-state index in [9.17, 15) is 29.4 Å². The monoisotopic (exact) mass is 505 g/mol. The number of nitrogen functional groups attached to an aromatic ring is 1. The molecule has 1 aromatic carbocycles. The molecule has 1 aromatic rings. The predicted octanol–water partition coefficient (Wildman–Crippen LogP) is 0.692. The average molecular weight is 507 g/mol. The molecule has 0 bridgehead atoms. The summed E-state index contributed by atoms with van der Waals surface area (Å²) >= 11 is 0. The summed E-state index contributed by atoms with van der Waals surface area (Å²) in [4.78, 5) is 47.4. The Labute approximate surface area is 197 Å². The highest BCUT2D eigenvalue weighted by atomic mass is 35.5. The van der Waals surface area contributed by atoms with Crippen LogP contribution in [0.5, 0.6) is 0 Å². The standard InChI is InChI=1S/C17H23N3O8.3ClH/c1-17(16(27)28,11-2-4-12(18)5-3-11)20(10-15(25)26)7-6-19(8-13(21)22)9-14(23)24;;;/h2-5H,6-10,18H2,1H3,(H,21,22)(H,23,24)(H,25,26)(H,27,28);3*1H. The molecule has 0 saturated heterocycles. The second kappa shape index (κ2) is 14.7. The van der Waals surface area contributed by atoms with Gasteiger partial charge in [0.25, 0.3) is 0 Å². The molecule has 6 N–H and O–H groups in total. The third kappa shape index (κ3) is 10.0. The van der Waals surface area contributed by atoms with E-state index in [0.717, 1.165) is 9.80 Å². The van der Waals surface area contributed by atoms with Gasteiger partial charge in [-0.25, -0.2) is 4.79 Å². The number of anilines is 1. The summed E-state index contributed by atoms with van der Waals surface area (Å²) in [5.74, 6) is -5.12. The molecule has 178 valence electrons. The zero-order valence-corrected chi connectivity index (χ0v) is 18.9. The molecule has 11 nitrogen and oxygen atoms in total. The van der Waals surface area contributed by atoms with E-state index in [4.69, 9.17) is 15.9 Å². The molecular weight excluding hydrogens is 481 g/mol. The van der Waals surface area contributed by atoms with Crippen molar-refractivity contribution in [2.75, 3.05) is 38.5 Å². The minimum atomic E-state index is -1.76. The Morgan fingerprint density at radius 3 is 1.58 bits per heavy atom. The van der Waals surface area contributed by atoms with Crippen LogP contribution in [-0.2, 0) is 24.7 Å². The first-order chi connectivity index (χ1) is 13.0. The summed E-state index contributed by atoms with van der Waals surface area (Å²) in [6, 6.07) is 5.89. The van der Waals surface area contributed by atoms with Gasteiger partial charge in [-0.1, -0.05) is 12.1 Å². The number of hydrogen-bond donors (Lipinski definition) is 5. The maximum absolute atomic E-state index is 12.1. The van der Waals surface area contributed by atoms with Gasteiger partial charge in [-0.2, -0.15) is 0 Å². The fourth-order valence-electron chi connectivity index (χ4n) is 2.73. The van der Waals surface area contributed by atoms with E-state index in [1.165, 1.54) is 31.2 Å². The van der Waals surface area contributed by atoms with Gasteiger partial charge in [0.15, 0.2) is 0 Å². The van der Waals surface area contributed by atoms with Crippen molar-refractivity contribution in [2.24, 2.45) is 0 Å². The normalized spacial score (nSPS) is 12.0. The minimum absolute atomic E-state index is 0.